The number of rotatable bonds is 3. The van der Waals surface area contributed by atoms with Crippen molar-refractivity contribution in [3.05, 3.63) is 53.9 Å². The Balaban J connectivity index is 2.43. The van der Waals surface area contributed by atoms with Gasteiger partial charge in [0.2, 0.25) is 0 Å². The van der Waals surface area contributed by atoms with Gasteiger partial charge in [-0.25, -0.2) is 8.78 Å². The zero-order valence-electron chi connectivity index (χ0n) is 9.15. The van der Waals surface area contributed by atoms with Crippen LogP contribution < -0.4 is 11.1 Å². The summed E-state index contributed by atoms with van der Waals surface area (Å²) in [6, 6.07) is 6.80. The van der Waals surface area contributed by atoms with Crippen molar-refractivity contribution < 1.29 is 8.78 Å². The number of halogens is 2. The van der Waals surface area contributed by atoms with E-state index < -0.39 is 11.6 Å². The molecule has 0 aliphatic heterocycles. The minimum absolute atomic E-state index is 0.0508. The van der Waals surface area contributed by atoms with Crippen molar-refractivity contribution >= 4 is 28.6 Å². The van der Waals surface area contributed by atoms with Crippen molar-refractivity contribution in [1.29, 1.82) is 0 Å². The minimum Gasteiger partial charge on any atom is -0.388 e. The summed E-state index contributed by atoms with van der Waals surface area (Å²) in [6.45, 7) is 0. The number of thiocarbonyl (C=S) groups is 1. The molecule has 92 valence electrons. The molecule has 6 heteroatoms. The first-order valence-electron chi connectivity index (χ1n) is 5.05. The van der Waals surface area contributed by atoms with E-state index in [0.717, 1.165) is 12.1 Å². The van der Waals surface area contributed by atoms with Gasteiger partial charge in [-0.1, -0.05) is 18.3 Å². The molecule has 3 nitrogen and oxygen atoms in total. The third-order valence-electron chi connectivity index (χ3n) is 2.26. The fourth-order valence-electron chi connectivity index (χ4n) is 1.45. The van der Waals surface area contributed by atoms with Gasteiger partial charge in [0, 0.05) is 6.20 Å². The average molecular weight is 265 g/mol. The lowest BCUT2D eigenvalue weighted by Crippen LogP contribution is -2.14. The lowest BCUT2D eigenvalue weighted by atomic mass is 10.2. The summed E-state index contributed by atoms with van der Waals surface area (Å²) in [5.41, 5.74) is 5.87. The molecular weight excluding hydrogens is 256 g/mol. The zero-order chi connectivity index (χ0) is 13.1. The van der Waals surface area contributed by atoms with E-state index in [1.165, 1.54) is 12.3 Å². The van der Waals surface area contributed by atoms with E-state index in [1.54, 1.807) is 12.1 Å². The van der Waals surface area contributed by atoms with Crippen molar-refractivity contribution in [3.63, 3.8) is 0 Å². The zero-order valence-corrected chi connectivity index (χ0v) is 9.97. The van der Waals surface area contributed by atoms with Gasteiger partial charge in [0.05, 0.1) is 5.69 Å². The Bertz CT molecular complexity index is 581. The second-order valence-corrected chi connectivity index (χ2v) is 3.93. The number of para-hydroxylation sites is 1. The standard InChI is InChI=1S/C12H9F2N3S/c13-7-3-1-4-8(14)10(7)17-9-5-2-6-16-11(9)12(15)18/h1-6,17H,(H2,15,18). The highest BCUT2D eigenvalue weighted by molar-refractivity contribution is 7.80. The Morgan fingerprint density at radius 2 is 1.83 bits per heavy atom. The third-order valence-corrected chi connectivity index (χ3v) is 2.46. The van der Waals surface area contributed by atoms with E-state index in [0.29, 0.717) is 5.69 Å². The van der Waals surface area contributed by atoms with Crippen LogP contribution >= 0.6 is 12.2 Å². The fraction of sp³-hybridized carbons (Fsp3) is 0. The van der Waals surface area contributed by atoms with Crippen molar-refractivity contribution in [2.75, 3.05) is 5.32 Å². The number of nitrogens with one attached hydrogen (secondary N) is 1. The molecule has 2 rings (SSSR count). The number of aromatic nitrogens is 1. The molecule has 18 heavy (non-hydrogen) atoms. The van der Waals surface area contributed by atoms with Gasteiger partial charge in [-0.05, 0) is 24.3 Å². The topological polar surface area (TPSA) is 50.9 Å². The molecule has 3 N–H and O–H groups in total. The van der Waals surface area contributed by atoms with Gasteiger partial charge in [0.15, 0.2) is 0 Å². The summed E-state index contributed by atoms with van der Waals surface area (Å²) < 4.78 is 27.0. The highest BCUT2D eigenvalue weighted by atomic mass is 32.1. The first-order valence-corrected chi connectivity index (χ1v) is 5.46. The Kier molecular flexibility index (Phi) is 3.47. The maximum Gasteiger partial charge on any atom is 0.149 e. The van der Waals surface area contributed by atoms with Gasteiger partial charge < -0.3 is 11.1 Å². The molecule has 0 fully saturated rings. The smallest absolute Gasteiger partial charge is 0.149 e. The van der Waals surface area contributed by atoms with Crippen LogP contribution in [0.2, 0.25) is 0 Å². The summed E-state index contributed by atoms with van der Waals surface area (Å²) >= 11 is 4.82. The number of pyridine rings is 1. The molecule has 0 aliphatic rings. The molecule has 0 amide bonds. The number of anilines is 2. The van der Waals surface area contributed by atoms with Gasteiger partial charge in [-0.2, -0.15) is 0 Å². The van der Waals surface area contributed by atoms with Crippen LogP contribution in [0.4, 0.5) is 20.2 Å². The Morgan fingerprint density at radius 3 is 2.44 bits per heavy atom. The van der Waals surface area contributed by atoms with Crippen LogP contribution in [0.25, 0.3) is 0 Å². The molecule has 1 aromatic heterocycles. The van der Waals surface area contributed by atoms with Crippen LogP contribution in [-0.4, -0.2) is 9.97 Å². The first-order chi connectivity index (χ1) is 8.59. The maximum atomic E-state index is 13.5. The molecule has 0 saturated heterocycles. The summed E-state index contributed by atoms with van der Waals surface area (Å²) in [7, 11) is 0. The second kappa shape index (κ2) is 5.05. The van der Waals surface area contributed by atoms with Crippen LogP contribution in [0.3, 0.4) is 0 Å². The van der Waals surface area contributed by atoms with Gasteiger partial charge in [0.25, 0.3) is 0 Å². The lowest BCUT2D eigenvalue weighted by Gasteiger charge is -2.11. The largest absolute Gasteiger partial charge is 0.388 e. The van der Waals surface area contributed by atoms with Crippen LogP contribution in [0, 0.1) is 11.6 Å². The molecule has 0 unspecified atom stereocenters. The molecule has 0 bridgehead atoms. The molecule has 0 saturated carbocycles. The molecule has 0 radical (unpaired) electrons. The Morgan fingerprint density at radius 1 is 1.17 bits per heavy atom. The van der Waals surface area contributed by atoms with Gasteiger partial charge in [0.1, 0.15) is 28.0 Å². The number of nitrogens with zero attached hydrogens (tertiary/aromatic N) is 1. The molecule has 1 heterocycles. The predicted molar refractivity (Wildman–Crippen MR) is 69.8 cm³/mol. The Hall–Kier alpha value is -2.08. The van der Waals surface area contributed by atoms with Crippen LogP contribution in [0.1, 0.15) is 5.69 Å². The summed E-state index contributed by atoms with van der Waals surface area (Å²) in [4.78, 5) is 4.01. The Labute approximate surface area is 108 Å². The number of hydrogen-bond donors (Lipinski definition) is 2. The second-order valence-electron chi connectivity index (χ2n) is 3.49. The third kappa shape index (κ3) is 2.43. The number of hydrogen-bond acceptors (Lipinski definition) is 3. The molecular formula is C12H9F2N3S. The predicted octanol–water partition coefficient (Wildman–Crippen LogP) is 2.74. The van der Waals surface area contributed by atoms with E-state index in [9.17, 15) is 8.78 Å². The molecule has 0 aliphatic carbocycles. The van der Waals surface area contributed by atoms with Gasteiger partial charge in [-0.3, -0.25) is 4.98 Å². The van der Waals surface area contributed by atoms with Gasteiger partial charge in [-0.15, -0.1) is 0 Å². The molecule has 0 atom stereocenters. The quantitative estimate of drug-likeness (QED) is 0.838. The van der Waals surface area contributed by atoms with Crippen LogP contribution in [-0.2, 0) is 0 Å². The van der Waals surface area contributed by atoms with E-state index >= 15 is 0 Å². The molecule has 1 aromatic carbocycles. The highest BCUT2D eigenvalue weighted by Gasteiger charge is 2.12. The lowest BCUT2D eigenvalue weighted by molar-refractivity contribution is 0.591. The minimum atomic E-state index is -0.701. The van der Waals surface area contributed by atoms with E-state index in [2.05, 4.69) is 10.3 Å². The van der Waals surface area contributed by atoms with Crippen LogP contribution in [0.15, 0.2) is 36.5 Å². The first kappa shape index (κ1) is 12.4. The maximum absolute atomic E-state index is 13.5. The summed E-state index contributed by atoms with van der Waals surface area (Å²) in [5, 5.41) is 2.61. The summed E-state index contributed by atoms with van der Waals surface area (Å²) in [6.07, 6.45) is 1.50. The van der Waals surface area contributed by atoms with E-state index in [-0.39, 0.29) is 16.4 Å². The van der Waals surface area contributed by atoms with Crippen molar-refractivity contribution in [3.8, 4) is 0 Å². The van der Waals surface area contributed by atoms with E-state index in [1.807, 2.05) is 0 Å². The average Bonchev–Trinajstić information content (AvgIpc) is 2.34. The van der Waals surface area contributed by atoms with Crippen molar-refractivity contribution in [2.24, 2.45) is 5.73 Å². The van der Waals surface area contributed by atoms with Crippen molar-refractivity contribution in [2.45, 2.75) is 0 Å². The fourth-order valence-corrected chi connectivity index (χ4v) is 1.62. The van der Waals surface area contributed by atoms with Crippen molar-refractivity contribution in [1.82, 2.24) is 4.98 Å². The molecule has 0 spiro atoms. The summed E-state index contributed by atoms with van der Waals surface area (Å²) in [5.74, 6) is -1.40. The normalized spacial score (nSPS) is 10.1. The highest BCUT2D eigenvalue weighted by Crippen LogP contribution is 2.24. The number of benzene rings is 1. The van der Waals surface area contributed by atoms with Crippen LogP contribution in [0.5, 0.6) is 0 Å². The van der Waals surface area contributed by atoms with Gasteiger partial charge >= 0.3 is 0 Å². The molecule has 2 aromatic rings. The number of nitrogens with two attached hydrogens (primary N) is 1. The monoisotopic (exact) mass is 265 g/mol. The SMILES string of the molecule is NC(=S)c1ncccc1Nc1c(F)cccc1F. The van der Waals surface area contributed by atoms with E-state index in [4.69, 9.17) is 18.0 Å².